The molecule has 0 saturated heterocycles. The summed E-state index contributed by atoms with van der Waals surface area (Å²) < 4.78 is 4.96. The molecule has 0 heterocycles. The van der Waals surface area contributed by atoms with Crippen molar-refractivity contribution in [1.29, 1.82) is 0 Å². The first-order valence-electron chi connectivity index (χ1n) is 7.54. The van der Waals surface area contributed by atoms with Crippen LogP contribution in [0.5, 0.6) is 0 Å². The molecule has 4 atom stereocenters. The van der Waals surface area contributed by atoms with E-state index in [0.29, 0.717) is 18.3 Å². The van der Waals surface area contributed by atoms with Crippen molar-refractivity contribution < 1.29 is 14.6 Å². The fraction of sp³-hybridized carbons (Fsp3) is 0.938. The number of aliphatic hydroxyl groups is 1. The molecule has 19 heavy (non-hydrogen) atoms. The van der Waals surface area contributed by atoms with Gasteiger partial charge in [-0.15, -0.1) is 0 Å². The number of esters is 1. The molecule has 112 valence electrons. The molecule has 3 nitrogen and oxygen atoms in total. The Labute approximate surface area is 117 Å². The first-order chi connectivity index (χ1) is 8.74. The lowest BCUT2D eigenvalue weighted by Gasteiger charge is -2.49. The molecule has 0 aromatic carbocycles. The van der Waals surface area contributed by atoms with E-state index in [4.69, 9.17) is 4.74 Å². The van der Waals surface area contributed by atoms with Gasteiger partial charge >= 0.3 is 5.97 Å². The van der Waals surface area contributed by atoms with E-state index in [-0.39, 0.29) is 17.8 Å². The minimum atomic E-state index is -0.924. The molecule has 1 aliphatic rings. The molecule has 3 heteroatoms. The van der Waals surface area contributed by atoms with E-state index < -0.39 is 11.5 Å². The van der Waals surface area contributed by atoms with Crippen LogP contribution < -0.4 is 0 Å². The second-order valence-corrected chi connectivity index (χ2v) is 6.97. The number of carbonyl (C=O) groups excluding carboxylic acids is 1. The van der Waals surface area contributed by atoms with Gasteiger partial charge in [-0.2, -0.15) is 0 Å². The Morgan fingerprint density at radius 3 is 2.26 bits per heavy atom. The van der Waals surface area contributed by atoms with Crippen LogP contribution in [0, 0.1) is 29.6 Å². The predicted molar refractivity (Wildman–Crippen MR) is 76.6 cm³/mol. The summed E-state index contributed by atoms with van der Waals surface area (Å²) in [7, 11) is 1.41. The van der Waals surface area contributed by atoms with Gasteiger partial charge in [0.2, 0.25) is 0 Å². The Morgan fingerprint density at radius 2 is 1.84 bits per heavy atom. The summed E-state index contributed by atoms with van der Waals surface area (Å²) in [5.74, 6) is 0.415. The zero-order chi connectivity index (χ0) is 14.8. The smallest absolute Gasteiger partial charge is 0.311 e. The summed E-state index contributed by atoms with van der Waals surface area (Å²) in [4.78, 5) is 12.2. The minimum Gasteiger partial charge on any atom is -0.469 e. The summed E-state index contributed by atoms with van der Waals surface area (Å²) in [5.41, 5.74) is -0.924. The van der Waals surface area contributed by atoms with Crippen molar-refractivity contribution in [3.8, 4) is 0 Å². The van der Waals surface area contributed by atoms with Gasteiger partial charge in [-0.1, -0.05) is 41.0 Å². The van der Waals surface area contributed by atoms with Crippen molar-refractivity contribution in [3.63, 3.8) is 0 Å². The largest absolute Gasteiger partial charge is 0.469 e. The van der Waals surface area contributed by atoms with Gasteiger partial charge in [0.15, 0.2) is 0 Å². The molecular formula is C16H30O3. The highest BCUT2D eigenvalue weighted by atomic mass is 16.5. The Morgan fingerprint density at radius 1 is 1.26 bits per heavy atom. The quantitative estimate of drug-likeness (QED) is 0.798. The topological polar surface area (TPSA) is 46.5 Å². The maximum atomic E-state index is 12.2. The number of methoxy groups -OCH3 is 1. The van der Waals surface area contributed by atoms with Crippen LogP contribution in [0.25, 0.3) is 0 Å². The zero-order valence-corrected chi connectivity index (χ0v) is 13.3. The van der Waals surface area contributed by atoms with E-state index in [2.05, 4.69) is 20.8 Å². The van der Waals surface area contributed by atoms with Gasteiger partial charge in [0.1, 0.15) is 0 Å². The Bertz CT molecular complexity index is 311. The van der Waals surface area contributed by atoms with Crippen LogP contribution in [0.3, 0.4) is 0 Å². The van der Waals surface area contributed by atoms with Gasteiger partial charge in [-0.25, -0.2) is 0 Å². The molecule has 1 saturated carbocycles. The van der Waals surface area contributed by atoms with E-state index in [9.17, 15) is 9.90 Å². The Hall–Kier alpha value is -0.570. The first-order valence-corrected chi connectivity index (χ1v) is 7.54. The van der Waals surface area contributed by atoms with Crippen LogP contribution in [-0.4, -0.2) is 23.8 Å². The first kappa shape index (κ1) is 16.5. The Balaban J connectivity index is 3.14. The molecule has 0 aromatic rings. The van der Waals surface area contributed by atoms with Crippen LogP contribution >= 0.6 is 0 Å². The summed E-state index contributed by atoms with van der Waals surface area (Å²) in [6.07, 6.45) is 2.83. The van der Waals surface area contributed by atoms with Gasteiger partial charge in [0.05, 0.1) is 18.6 Å². The molecule has 0 radical (unpaired) electrons. The van der Waals surface area contributed by atoms with E-state index in [1.54, 1.807) is 0 Å². The molecule has 1 rings (SSSR count). The van der Waals surface area contributed by atoms with Crippen molar-refractivity contribution in [1.82, 2.24) is 0 Å². The molecule has 4 unspecified atom stereocenters. The fourth-order valence-corrected chi connectivity index (χ4v) is 3.97. The van der Waals surface area contributed by atoms with Crippen molar-refractivity contribution >= 4 is 5.97 Å². The lowest BCUT2D eigenvalue weighted by Crippen LogP contribution is -2.55. The monoisotopic (exact) mass is 270 g/mol. The number of rotatable bonds is 4. The van der Waals surface area contributed by atoms with Crippen LogP contribution in [0.4, 0.5) is 0 Å². The average Bonchev–Trinajstić information content (AvgIpc) is 2.26. The van der Waals surface area contributed by atoms with E-state index >= 15 is 0 Å². The third kappa shape index (κ3) is 3.31. The summed E-state index contributed by atoms with van der Waals surface area (Å²) in [6.45, 7) is 10.4. The number of hydrogen-bond acceptors (Lipinski definition) is 3. The third-order valence-corrected chi connectivity index (χ3v) is 4.75. The summed E-state index contributed by atoms with van der Waals surface area (Å²) in [5, 5.41) is 11.3. The van der Waals surface area contributed by atoms with Crippen molar-refractivity contribution in [2.45, 2.75) is 59.5 Å². The van der Waals surface area contributed by atoms with E-state index in [1.807, 2.05) is 13.8 Å². The van der Waals surface area contributed by atoms with Crippen LogP contribution in [0.1, 0.15) is 53.9 Å². The summed E-state index contributed by atoms with van der Waals surface area (Å²) >= 11 is 0. The minimum absolute atomic E-state index is 0.0870. The summed E-state index contributed by atoms with van der Waals surface area (Å²) in [6, 6.07) is 0. The van der Waals surface area contributed by atoms with Gasteiger partial charge in [0.25, 0.3) is 0 Å². The van der Waals surface area contributed by atoms with Gasteiger partial charge < -0.3 is 9.84 Å². The molecule has 0 aliphatic heterocycles. The number of carbonyl (C=O) groups is 1. The lowest BCUT2D eigenvalue weighted by molar-refractivity contribution is -0.176. The van der Waals surface area contributed by atoms with Gasteiger partial charge in [0, 0.05) is 0 Å². The highest BCUT2D eigenvalue weighted by Crippen LogP contribution is 2.47. The molecule has 1 fully saturated rings. The average molecular weight is 270 g/mol. The standard InChI is InChI=1S/C16H30O3/c1-10(2)13-8-7-12(5)9-16(13,18)14(11(3)4)15(17)19-6/h10-14,18H,7-9H2,1-6H3. The van der Waals surface area contributed by atoms with Crippen LogP contribution in [0.2, 0.25) is 0 Å². The predicted octanol–water partition coefficient (Wildman–Crippen LogP) is 3.25. The number of ether oxygens (including phenoxy) is 1. The van der Waals surface area contributed by atoms with Crippen LogP contribution in [-0.2, 0) is 9.53 Å². The fourth-order valence-electron chi connectivity index (χ4n) is 3.97. The number of hydrogen-bond donors (Lipinski definition) is 1. The highest BCUT2D eigenvalue weighted by molar-refractivity contribution is 5.74. The third-order valence-electron chi connectivity index (χ3n) is 4.75. The van der Waals surface area contributed by atoms with E-state index in [1.165, 1.54) is 7.11 Å². The molecule has 0 bridgehead atoms. The second-order valence-electron chi connectivity index (χ2n) is 6.97. The maximum absolute atomic E-state index is 12.2. The molecule has 0 aromatic heterocycles. The van der Waals surface area contributed by atoms with Gasteiger partial charge in [-0.05, 0) is 36.5 Å². The van der Waals surface area contributed by atoms with Gasteiger partial charge in [-0.3, -0.25) is 4.79 Å². The molecule has 1 N–H and O–H groups in total. The second kappa shape index (κ2) is 6.25. The van der Waals surface area contributed by atoms with E-state index in [0.717, 1.165) is 12.8 Å². The molecule has 1 aliphatic carbocycles. The molecular weight excluding hydrogens is 240 g/mol. The normalized spacial score (nSPS) is 33.5. The van der Waals surface area contributed by atoms with Crippen LogP contribution in [0.15, 0.2) is 0 Å². The van der Waals surface area contributed by atoms with Crippen molar-refractivity contribution in [2.75, 3.05) is 7.11 Å². The molecule has 0 amide bonds. The van der Waals surface area contributed by atoms with Crippen molar-refractivity contribution in [2.24, 2.45) is 29.6 Å². The lowest BCUT2D eigenvalue weighted by atomic mass is 9.60. The SMILES string of the molecule is COC(=O)C(C(C)C)C1(O)CC(C)CCC1C(C)C. The Kier molecular flexibility index (Phi) is 5.43. The highest BCUT2D eigenvalue weighted by Gasteiger charge is 2.52. The van der Waals surface area contributed by atoms with Crippen molar-refractivity contribution in [3.05, 3.63) is 0 Å². The maximum Gasteiger partial charge on any atom is 0.311 e. The zero-order valence-electron chi connectivity index (χ0n) is 13.3. The molecule has 0 spiro atoms.